The fourth-order valence-corrected chi connectivity index (χ4v) is 0.738. The molecule has 0 aromatic heterocycles. The summed E-state index contributed by atoms with van der Waals surface area (Å²) in [6.45, 7) is 0.247. The average molecular weight is 187 g/mol. The van der Waals surface area contributed by atoms with Crippen molar-refractivity contribution in [3.8, 4) is 0 Å². The van der Waals surface area contributed by atoms with Crippen LogP contribution in [0.4, 0.5) is 0 Å². The largest absolute Gasteiger partial charge is 0.516 e. The smallest absolute Gasteiger partial charge is 0.235 e. The first-order chi connectivity index (χ1) is 6.07. The van der Waals surface area contributed by atoms with Crippen molar-refractivity contribution in [2.45, 2.75) is 12.5 Å². The zero-order chi connectivity index (χ0) is 10.3. The molecule has 0 aliphatic heterocycles. The third-order valence-electron chi connectivity index (χ3n) is 1.34. The van der Waals surface area contributed by atoms with Gasteiger partial charge in [-0.3, -0.25) is 9.59 Å². The summed E-state index contributed by atoms with van der Waals surface area (Å²) in [5.74, 6) is -1.26. The molecule has 0 rings (SSSR count). The van der Waals surface area contributed by atoms with Crippen LogP contribution < -0.4 is 16.8 Å². The van der Waals surface area contributed by atoms with Crippen molar-refractivity contribution in [2.75, 3.05) is 6.54 Å². The Morgan fingerprint density at radius 2 is 2.08 bits per heavy atom. The highest BCUT2D eigenvalue weighted by Crippen LogP contribution is 1.89. The number of hydrogen-bond acceptors (Lipinski definition) is 4. The average Bonchev–Trinajstić information content (AvgIpc) is 2.02. The maximum Gasteiger partial charge on any atom is 0.235 e. The van der Waals surface area contributed by atoms with E-state index in [9.17, 15) is 9.59 Å². The van der Waals surface area contributed by atoms with Crippen LogP contribution in [-0.4, -0.2) is 29.5 Å². The molecule has 13 heavy (non-hydrogen) atoms. The molecule has 6 nitrogen and oxygen atoms in total. The molecule has 1 atom stereocenters. The predicted molar refractivity (Wildman–Crippen MR) is 46.6 cm³/mol. The molecule has 0 aliphatic rings. The van der Waals surface area contributed by atoms with E-state index in [1.54, 1.807) is 0 Å². The number of nitrogens with two attached hydrogens (primary N) is 2. The minimum absolute atomic E-state index is 0.144. The molecule has 2 amide bonds. The van der Waals surface area contributed by atoms with Crippen LogP contribution in [0.15, 0.2) is 12.3 Å². The highest BCUT2D eigenvalue weighted by atomic mass is 16.2. The molecule has 0 aliphatic carbocycles. The molecule has 0 unspecified atom stereocenters. The first kappa shape index (κ1) is 11.4. The van der Waals surface area contributed by atoms with Gasteiger partial charge in [-0.25, -0.2) is 0 Å². The van der Waals surface area contributed by atoms with E-state index in [-0.39, 0.29) is 13.0 Å². The Bertz CT molecular complexity index is 215. The number of nitrogens with one attached hydrogen (secondary N) is 1. The van der Waals surface area contributed by atoms with Gasteiger partial charge in [0.05, 0.1) is 18.7 Å². The molecule has 0 aromatic rings. The number of primary amides is 2. The highest BCUT2D eigenvalue weighted by Gasteiger charge is 2.15. The molecular formula is C7H13N3O3. The van der Waals surface area contributed by atoms with Crippen LogP contribution in [0.3, 0.4) is 0 Å². The van der Waals surface area contributed by atoms with Gasteiger partial charge in [-0.15, -0.1) is 0 Å². The molecule has 0 bridgehead atoms. The Morgan fingerprint density at radius 3 is 2.46 bits per heavy atom. The van der Waals surface area contributed by atoms with Crippen LogP contribution in [0.5, 0.6) is 0 Å². The van der Waals surface area contributed by atoms with E-state index in [1.165, 1.54) is 6.08 Å². The van der Waals surface area contributed by atoms with Gasteiger partial charge in [-0.2, -0.15) is 0 Å². The molecular weight excluding hydrogens is 174 g/mol. The van der Waals surface area contributed by atoms with Crippen molar-refractivity contribution in [3.05, 3.63) is 12.3 Å². The molecule has 0 spiro atoms. The van der Waals surface area contributed by atoms with E-state index in [0.29, 0.717) is 0 Å². The lowest BCUT2D eigenvalue weighted by Gasteiger charge is -2.11. The number of rotatable bonds is 6. The van der Waals surface area contributed by atoms with Gasteiger partial charge in [0, 0.05) is 6.54 Å². The highest BCUT2D eigenvalue weighted by molar-refractivity contribution is 5.86. The van der Waals surface area contributed by atoms with Crippen LogP contribution in [-0.2, 0) is 9.59 Å². The van der Waals surface area contributed by atoms with E-state index in [0.717, 1.165) is 6.26 Å². The molecule has 74 valence electrons. The van der Waals surface area contributed by atoms with E-state index >= 15 is 0 Å². The molecule has 0 fully saturated rings. The molecule has 0 heterocycles. The van der Waals surface area contributed by atoms with Crippen molar-refractivity contribution in [1.29, 1.82) is 0 Å². The summed E-state index contributed by atoms with van der Waals surface area (Å²) in [5, 5.41) is 10.9. The Morgan fingerprint density at radius 1 is 1.46 bits per heavy atom. The minimum Gasteiger partial charge on any atom is -0.516 e. The van der Waals surface area contributed by atoms with Crippen molar-refractivity contribution in [3.63, 3.8) is 0 Å². The molecule has 6 heteroatoms. The van der Waals surface area contributed by atoms with Crippen molar-refractivity contribution in [2.24, 2.45) is 11.5 Å². The second-order valence-electron chi connectivity index (χ2n) is 2.42. The summed E-state index contributed by atoms with van der Waals surface area (Å²) in [4.78, 5) is 21.1. The number of hydrogen-bond donors (Lipinski definition) is 4. The van der Waals surface area contributed by atoms with Gasteiger partial charge in [0.1, 0.15) is 0 Å². The van der Waals surface area contributed by atoms with Crippen LogP contribution in [0.1, 0.15) is 6.42 Å². The first-order valence-electron chi connectivity index (χ1n) is 3.68. The summed E-state index contributed by atoms with van der Waals surface area (Å²) >= 11 is 0. The number of aliphatic hydroxyl groups excluding tert-OH is 1. The summed E-state index contributed by atoms with van der Waals surface area (Å²) in [6.07, 6.45) is 2.06. The Kier molecular flexibility index (Phi) is 5.29. The quantitative estimate of drug-likeness (QED) is 0.373. The van der Waals surface area contributed by atoms with E-state index in [1.807, 2.05) is 0 Å². The van der Waals surface area contributed by atoms with Crippen LogP contribution in [0, 0.1) is 0 Å². The van der Waals surface area contributed by atoms with Gasteiger partial charge in [-0.05, 0) is 6.08 Å². The monoisotopic (exact) mass is 187 g/mol. The molecule has 0 saturated carbocycles. The van der Waals surface area contributed by atoms with Crippen molar-refractivity contribution < 1.29 is 14.7 Å². The van der Waals surface area contributed by atoms with Gasteiger partial charge in [-0.1, -0.05) is 0 Å². The fourth-order valence-electron chi connectivity index (χ4n) is 0.738. The lowest BCUT2D eigenvalue weighted by Crippen LogP contribution is -2.43. The summed E-state index contributed by atoms with van der Waals surface area (Å²) < 4.78 is 0. The van der Waals surface area contributed by atoms with E-state index in [4.69, 9.17) is 16.6 Å². The number of amides is 2. The van der Waals surface area contributed by atoms with Crippen molar-refractivity contribution in [1.82, 2.24) is 5.32 Å². The van der Waals surface area contributed by atoms with Gasteiger partial charge in [0.25, 0.3) is 0 Å². The third kappa shape index (κ3) is 5.68. The summed E-state index contributed by atoms with van der Waals surface area (Å²) in [7, 11) is 0. The van der Waals surface area contributed by atoms with Gasteiger partial charge in [0.15, 0.2) is 0 Å². The maximum atomic E-state index is 10.7. The number of aliphatic hydroxyl groups is 1. The third-order valence-corrected chi connectivity index (χ3v) is 1.34. The van der Waals surface area contributed by atoms with Gasteiger partial charge >= 0.3 is 0 Å². The fraction of sp³-hybridized carbons (Fsp3) is 0.429. The van der Waals surface area contributed by atoms with Crippen LogP contribution in [0.25, 0.3) is 0 Å². The molecule has 0 radical (unpaired) electrons. The zero-order valence-corrected chi connectivity index (χ0v) is 7.06. The Hall–Kier alpha value is -1.56. The van der Waals surface area contributed by atoms with Gasteiger partial charge in [0.2, 0.25) is 11.8 Å². The molecule has 6 N–H and O–H groups in total. The SMILES string of the molecule is NC(=O)C[C@H](NCC=CO)C(N)=O. The minimum atomic E-state index is -0.784. The summed E-state index contributed by atoms with van der Waals surface area (Å²) in [5.41, 5.74) is 9.85. The first-order valence-corrected chi connectivity index (χ1v) is 3.68. The van der Waals surface area contributed by atoms with E-state index in [2.05, 4.69) is 5.32 Å². The zero-order valence-electron chi connectivity index (χ0n) is 7.06. The molecule has 0 aromatic carbocycles. The topological polar surface area (TPSA) is 118 Å². The Balaban J connectivity index is 3.95. The standard InChI is InChI=1S/C7H13N3O3/c8-6(12)4-5(7(9)13)10-2-1-3-11/h1,3,5,10-11H,2,4H2,(H2,8,12)(H2,9,13)/t5-/m0/s1. The number of carbonyl (C=O) groups is 2. The Labute approximate surface area is 75.6 Å². The van der Waals surface area contributed by atoms with Crippen LogP contribution in [0.2, 0.25) is 0 Å². The van der Waals surface area contributed by atoms with Crippen molar-refractivity contribution >= 4 is 11.8 Å². The second kappa shape index (κ2) is 6.01. The predicted octanol–water partition coefficient (Wildman–Crippen LogP) is -1.62. The van der Waals surface area contributed by atoms with Gasteiger partial charge < -0.3 is 21.9 Å². The van der Waals surface area contributed by atoms with Crippen LogP contribution >= 0.6 is 0 Å². The normalized spacial score (nSPS) is 12.9. The molecule has 0 saturated heterocycles. The lowest BCUT2D eigenvalue weighted by molar-refractivity contribution is -0.125. The van der Waals surface area contributed by atoms with E-state index < -0.39 is 17.9 Å². The lowest BCUT2D eigenvalue weighted by atomic mass is 10.2. The summed E-state index contributed by atoms with van der Waals surface area (Å²) in [6, 6.07) is -0.784. The second-order valence-corrected chi connectivity index (χ2v) is 2.42. The maximum absolute atomic E-state index is 10.7. The number of carbonyl (C=O) groups excluding carboxylic acids is 2.